The molecule has 0 saturated carbocycles. The van der Waals surface area contributed by atoms with Gasteiger partial charge in [0.1, 0.15) is 18.0 Å². The third-order valence-corrected chi connectivity index (χ3v) is 4.59. The van der Waals surface area contributed by atoms with Crippen LogP contribution in [0.25, 0.3) is 10.9 Å². The predicted molar refractivity (Wildman–Crippen MR) is 79.4 cm³/mol. The minimum Gasteiger partial charge on any atom is -0.480 e. The van der Waals surface area contributed by atoms with Gasteiger partial charge in [0, 0.05) is 16.1 Å². The first-order chi connectivity index (χ1) is 9.97. The molecule has 1 aliphatic heterocycles. The number of aliphatic hydroxyl groups is 3. The maximum absolute atomic E-state index is 9.92. The van der Waals surface area contributed by atoms with E-state index in [-0.39, 0.29) is 6.61 Å². The average Bonchev–Trinajstić information content (AvgIpc) is 2.82. The monoisotopic (exact) mass is 377 g/mol. The van der Waals surface area contributed by atoms with Crippen molar-refractivity contribution in [1.82, 2.24) is 4.98 Å². The number of rotatable bonds is 2. The first-order valence-corrected chi connectivity index (χ1v) is 7.43. The number of halogens is 2. The number of benzene rings is 1. The zero-order valence-electron chi connectivity index (χ0n) is 10.7. The molecule has 8 heteroatoms. The molecule has 0 aliphatic carbocycles. The SMILES string of the molecule is O[C@@H]1[C@@H](Oc2c[nH]c3cc(Cl)c(Br)cc23)[C@H](O)OC[C@@H]1O. The summed E-state index contributed by atoms with van der Waals surface area (Å²) >= 11 is 9.34. The molecule has 4 N–H and O–H groups in total. The number of nitrogens with one attached hydrogen (secondary N) is 1. The summed E-state index contributed by atoms with van der Waals surface area (Å²) in [5.41, 5.74) is 0.749. The Bertz CT molecular complexity index is 663. The van der Waals surface area contributed by atoms with Gasteiger partial charge in [-0.15, -0.1) is 0 Å². The lowest BCUT2D eigenvalue weighted by Crippen LogP contribution is -2.55. The third kappa shape index (κ3) is 2.77. The fraction of sp³-hybridized carbons (Fsp3) is 0.385. The number of aromatic nitrogens is 1. The molecule has 6 nitrogen and oxygen atoms in total. The van der Waals surface area contributed by atoms with E-state index in [0.29, 0.717) is 15.2 Å². The predicted octanol–water partition coefficient (Wildman–Crippen LogP) is 1.40. The Morgan fingerprint density at radius 1 is 1.33 bits per heavy atom. The van der Waals surface area contributed by atoms with E-state index in [1.165, 1.54) is 0 Å². The van der Waals surface area contributed by atoms with E-state index in [2.05, 4.69) is 20.9 Å². The zero-order valence-corrected chi connectivity index (χ0v) is 13.0. The molecule has 1 aromatic heterocycles. The number of fused-ring (bicyclic) bond motifs is 1. The van der Waals surface area contributed by atoms with Crippen molar-refractivity contribution in [2.24, 2.45) is 0 Å². The van der Waals surface area contributed by atoms with Crippen molar-refractivity contribution in [2.75, 3.05) is 6.61 Å². The molecule has 0 spiro atoms. The van der Waals surface area contributed by atoms with Gasteiger partial charge in [-0.1, -0.05) is 11.6 Å². The molecule has 2 heterocycles. The lowest BCUT2D eigenvalue weighted by atomic mass is 10.1. The van der Waals surface area contributed by atoms with Crippen molar-refractivity contribution in [2.45, 2.75) is 24.6 Å². The molecule has 3 rings (SSSR count). The fourth-order valence-electron chi connectivity index (χ4n) is 2.24. The normalized spacial score (nSPS) is 29.8. The highest BCUT2D eigenvalue weighted by molar-refractivity contribution is 9.10. The Hall–Kier alpha value is -0.830. The van der Waals surface area contributed by atoms with Crippen molar-refractivity contribution in [1.29, 1.82) is 0 Å². The minimum atomic E-state index is -1.32. The van der Waals surface area contributed by atoms with Crippen molar-refractivity contribution in [3.8, 4) is 5.75 Å². The topological polar surface area (TPSA) is 94.9 Å². The van der Waals surface area contributed by atoms with Crippen LogP contribution in [0.2, 0.25) is 5.02 Å². The molecule has 1 fully saturated rings. The van der Waals surface area contributed by atoms with E-state index in [9.17, 15) is 15.3 Å². The molecule has 1 aromatic carbocycles. The third-order valence-electron chi connectivity index (χ3n) is 3.40. The van der Waals surface area contributed by atoms with E-state index in [4.69, 9.17) is 21.1 Å². The lowest BCUT2D eigenvalue weighted by molar-refractivity contribution is -0.244. The highest BCUT2D eigenvalue weighted by Crippen LogP contribution is 2.34. The number of aliphatic hydroxyl groups excluding tert-OH is 3. The van der Waals surface area contributed by atoms with Crippen LogP contribution in [0.5, 0.6) is 5.75 Å². The molecule has 114 valence electrons. The lowest BCUT2D eigenvalue weighted by Gasteiger charge is -2.35. The summed E-state index contributed by atoms with van der Waals surface area (Å²) in [4.78, 5) is 2.99. The molecule has 1 aliphatic rings. The van der Waals surface area contributed by atoms with E-state index in [1.54, 1.807) is 18.3 Å². The highest BCUT2D eigenvalue weighted by Gasteiger charge is 2.40. The van der Waals surface area contributed by atoms with Crippen LogP contribution < -0.4 is 4.74 Å². The maximum atomic E-state index is 9.92. The van der Waals surface area contributed by atoms with Gasteiger partial charge < -0.3 is 29.8 Å². The maximum Gasteiger partial charge on any atom is 0.195 e. The van der Waals surface area contributed by atoms with Gasteiger partial charge in [0.15, 0.2) is 12.4 Å². The fourth-order valence-corrected chi connectivity index (χ4v) is 2.75. The summed E-state index contributed by atoms with van der Waals surface area (Å²) in [7, 11) is 0. The van der Waals surface area contributed by atoms with Gasteiger partial charge in [-0.2, -0.15) is 0 Å². The molecule has 0 radical (unpaired) electrons. The Morgan fingerprint density at radius 2 is 2.10 bits per heavy atom. The van der Waals surface area contributed by atoms with Crippen LogP contribution in [0.3, 0.4) is 0 Å². The second kappa shape index (κ2) is 5.75. The van der Waals surface area contributed by atoms with Crippen LogP contribution in [0.15, 0.2) is 22.8 Å². The number of hydrogen-bond donors (Lipinski definition) is 4. The zero-order chi connectivity index (χ0) is 15.1. The van der Waals surface area contributed by atoms with Crippen LogP contribution in [0, 0.1) is 0 Å². The van der Waals surface area contributed by atoms with E-state index >= 15 is 0 Å². The van der Waals surface area contributed by atoms with Crippen LogP contribution in [0.4, 0.5) is 0 Å². The molecule has 21 heavy (non-hydrogen) atoms. The van der Waals surface area contributed by atoms with Crippen molar-refractivity contribution in [3.63, 3.8) is 0 Å². The van der Waals surface area contributed by atoms with Gasteiger partial charge in [0.25, 0.3) is 0 Å². The summed E-state index contributed by atoms with van der Waals surface area (Å²) in [5, 5.41) is 30.6. The Labute approximate surface area is 133 Å². The van der Waals surface area contributed by atoms with Gasteiger partial charge >= 0.3 is 0 Å². The molecule has 4 atom stereocenters. The van der Waals surface area contributed by atoms with E-state index < -0.39 is 24.6 Å². The minimum absolute atomic E-state index is 0.142. The smallest absolute Gasteiger partial charge is 0.195 e. The largest absolute Gasteiger partial charge is 0.480 e. The molecule has 2 aromatic rings. The average molecular weight is 379 g/mol. The van der Waals surface area contributed by atoms with Crippen LogP contribution in [-0.2, 0) is 4.74 Å². The Kier molecular flexibility index (Phi) is 4.13. The summed E-state index contributed by atoms with van der Waals surface area (Å²) in [6, 6.07) is 3.50. The molecule has 1 saturated heterocycles. The second-order valence-electron chi connectivity index (χ2n) is 4.83. The van der Waals surface area contributed by atoms with Gasteiger partial charge in [-0.3, -0.25) is 0 Å². The molecular weight excluding hydrogens is 366 g/mol. The first-order valence-electron chi connectivity index (χ1n) is 6.26. The van der Waals surface area contributed by atoms with Gasteiger partial charge in [-0.05, 0) is 28.1 Å². The Balaban J connectivity index is 1.92. The van der Waals surface area contributed by atoms with E-state index in [0.717, 1.165) is 10.9 Å². The summed E-state index contributed by atoms with van der Waals surface area (Å²) in [6.45, 7) is -0.142. The molecule has 0 amide bonds. The van der Waals surface area contributed by atoms with Gasteiger partial charge in [0.2, 0.25) is 0 Å². The second-order valence-corrected chi connectivity index (χ2v) is 6.09. The van der Waals surface area contributed by atoms with E-state index in [1.807, 2.05) is 0 Å². The van der Waals surface area contributed by atoms with Crippen molar-refractivity contribution in [3.05, 3.63) is 27.8 Å². The molecule has 0 bridgehead atoms. The van der Waals surface area contributed by atoms with Crippen molar-refractivity contribution < 1.29 is 24.8 Å². The Morgan fingerprint density at radius 3 is 2.86 bits per heavy atom. The number of aromatic amines is 1. The van der Waals surface area contributed by atoms with Crippen LogP contribution in [0.1, 0.15) is 0 Å². The van der Waals surface area contributed by atoms with Gasteiger partial charge in [0.05, 0.1) is 17.1 Å². The highest BCUT2D eigenvalue weighted by atomic mass is 79.9. The standard InChI is InChI=1S/C13H13BrClNO5/c14-6-1-5-8(2-7(6)15)16-3-10(5)21-12-11(18)9(17)4-20-13(12)19/h1-3,9,11-13,16-19H,4H2/t9-,11-,12+,13+/m0/s1. The number of H-pyrrole nitrogens is 1. The first kappa shape index (κ1) is 15.1. The molecular formula is C13H13BrClNO5. The number of hydrogen-bond acceptors (Lipinski definition) is 5. The van der Waals surface area contributed by atoms with Gasteiger partial charge in [-0.25, -0.2) is 0 Å². The number of ether oxygens (including phenoxy) is 2. The summed E-state index contributed by atoms with van der Waals surface area (Å²) in [5.74, 6) is 0.420. The van der Waals surface area contributed by atoms with Crippen LogP contribution >= 0.6 is 27.5 Å². The quantitative estimate of drug-likeness (QED) is 0.634. The van der Waals surface area contributed by atoms with Crippen molar-refractivity contribution >= 4 is 38.4 Å². The summed E-state index contributed by atoms with van der Waals surface area (Å²) < 4.78 is 11.3. The molecule has 0 unspecified atom stereocenters. The van der Waals surface area contributed by atoms with Crippen LogP contribution in [-0.4, -0.2) is 51.5 Å². The summed E-state index contributed by atoms with van der Waals surface area (Å²) in [6.07, 6.45) is -3.15.